The molecule has 0 N–H and O–H groups in total. The Morgan fingerprint density at radius 2 is 0.833 bits per heavy atom. The summed E-state index contributed by atoms with van der Waals surface area (Å²) in [5, 5.41) is 0. The Labute approximate surface area is 135 Å². The molecular weight excluding hydrogens is 351 g/mol. The second-order valence-corrected chi connectivity index (χ2v) is 6.79. The zero-order valence-electron chi connectivity index (χ0n) is 12.9. The van der Waals surface area contributed by atoms with Gasteiger partial charge in [0, 0.05) is 0 Å². The van der Waals surface area contributed by atoms with Gasteiger partial charge in [-0.25, -0.2) is 0 Å². The summed E-state index contributed by atoms with van der Waals surface area (Å²) in [6, 6.07) is 0. The molecule has 18 heavy (non-hydrogen) atoms. The molecule has 0 aromatic carbocycles. The quantitative estimate of drug-likeness (QED) is 0.210. The molecular formula is C16H37PTe. The van der Waals surface area contributed by atoms with Crippen molar-refractivity contribution in [3.05, 3.63) is 0 Å². The van der Waals surface area contributed by atoms with Gasteiger partial charge in [0.2, 0.25) is 0 Å². The molecule has 0 saturated carbocycles. The van der Waals surface area contributed by atoms with Crippen LogP contribution in [0.1, 0.15) is 90.9 Å². The Balaban J connectivity index is 0. The summed E-state index contributed by atoms with van der Waals surface area (Å²) < 4.78 is 0. The van der Waals surface area contributed by atoms with Crippen LogP contribution in [0.15, 0.2) is 0 Å². The van der Waals surface area contributed by atoms with E-state index in [9.17, 15) is 0 Å². The minimum atomic E-state index is 0. The molecule has 0 radical (unpaired) electrons. The molecule has 0 fully saturated rings. The molecule has 0 aliphatic rings. The van der Waals surface area contributed by atoms with E-state index in [0.717, 1.165) is 0 Å². The SMILES string of the molecule is CCCCCCCCPCCCCCCCC.[TeH2]. The fourth-order valence-corrected chi connectivity index (χ4v) is 3.44. The number of hydrogen-bond acceptors (Lipinski definition) is 0. The maximum atomic E-state index is 2.29. The molecule has 0 spiro atoms. The summed E-state index contributed by atoms with van der Waals surface area (Å²) in [5.74, 6) is 0. The van der Waals surface area contributed by atoms with Crippen LogP contribution in [-0.2, 0) is 0 Å². The van der Waals surface area contributed by atoms with Crippen LogP contribution >= 0.6 is 8.58 Å². The third kappa shape index (κ3) is 19.6. The van der Waals surface area contributed by atoms with E-state index in [4.69, 9.17) is 0 Å². The molecule has 112 valence electrons. The third-order valence-electron chi connectivity index (χ3n) is 3.41. The summed E-state index contributed by atoms with van der Waals surface area (Å²) in [6.07, 6.45) is 20.5. The van der Waals surface area contributed by atoms with Gasteiger partial charge in [-0.2, -0.15) is 0 Å². The van der Waals surface area contributed by atoms with Crippen LogP contribution in [0.2, 0.25) is 0 Å². The van der Waals surface area contributed by atoms with Gasteiger partial charge in [-0.1, -0.05) is 78.1 Å². The number of hydrogen-bond donors (Lipinski definition) is 0. The first-order valence-electron chi connectivity index (χ1n) is 8.12. The Kier molecular flexibility index (Phi) is 24.5. The van der Waals surface area contributed by atoms with Gasteiger partial charge in [-0.3, -0.25) is 0 Å². The monoisotopic (exact) mass is 390 g/mol. The normalized spacial score (nSPS) is 10.3. The Morgan fingerprint density at radius 3 is 1.22 bits per heavy atom. The van der Waals surface area contributed by atoms with Gasteiger partial charge in [0.25, 0.3) is 0 Å². The first-order valence-corrected chi connectivity index (χ1v) is 9.54. The van der Waals surface area contributed by atoms with Crippen molar-refractivity contribution in [1.29, 1.82) is 0 Å². The molecule has 0 aromatic rings. The van der Waals surface area contributed by atoms with Crippen LogP contribution in [-0.4, -0.2) is 36.0 Å². The Morgan fingerprint density at radius 1 is 0.500 bits per heavy atom. The van der Waals surface area contributed by atoms with Crippen molar-refractivity contribution in [3.63, 3.8) is 0 Å². The summed E-state index contributed by atoms with van der Waals surface area (Å²) >= 11 is 0. The van der Waals surface area contributed by atoms with Gasteiger partial charge in [0.1, 0.15) is 0 Å². The molecule has 0 rings (SSSR count). The van der Waals surface area contributed by atoms with Crippen molar-refractivity contribution >= 4 is 32.2 Å². The van der Waals surface area contributed by atoms with Crippen LogP contribution in [0.25, 0.3) is 0 Å². The molecule has 0 aromatic heterocycles. The zero-order chi connectivity index (χ0) is 12.6. The van der Waals surface area contributed by atoms with E-state index in [1.807, 2.05) is 0 Å². The van der Waals surface area contributed by atoms with E-state index in [1.54, 1.807) is 0 Å². The Bertz CT molecular complexity index is 114. The zero-order valence-corrected chi connectivity index (χ0v) is 16.8. The van der Waals surface area contributed by atoms with Gasteiger partial charge in [0.05, 0.1) is 0 Å². The molecule has 0 amide bonds. The molecule has 0 bridgehead atoms. The number of unbranched alkanes of at least 4 members (excludes halogenated alkanes) is 10. The van der Waals surface area contributed by atoms with E-state index in [1.165, 1.54) is 98.0 Å². The van der Waals surface area contributed by atoms with Gasteiger partial charge in [-0.05, 0) is 25.2 Å². The first-order chi connectivity index (χ1) is 8.41. The minimum absolute atomic E-state index is 0. The van der Waals surface area contributed by atoms with E-state index in [-0.39, 0.29) is 23.7 Å². The maximum absolute atomic E-state index is 2.29. The van der Waals surface area contributed by atoms with E-state index < -0.39 is 0 Å². The molecule has 0 heterocycles. The second-order valence-electron chi connectivity index (χ2n) is 5.29. The van der Waals surface area contributed by atoms with Gasteiger partial charge < -0.3 is 0 Å². The summed E-state index contributed by atoms with van der Waals surface area (Å²) in [6.45, 7) is 4.59. The van der Waals surface area contributed by atoms with Crippen molar-refractivity contribution in [3.8, 4) is 0 Å². The van der Waals surface area contributed by atoms with Crippen molar-refractivity contribution < 1.29 is 0 Å². The molecule has 0 unspecified atom stereocenters. The fourth-order valence-electron chi connectivity index (χ4n) is 2.19. The van der Waals surface area contributed by atoms with Crippen LogP contribution in [0, 0.1) is 0 Å². The second kappa shape index (κ2) is 20.5. The van der Waals surface area contributed by atoms with E-state index in [2.05, 4.69) is 13.8 Å². The predicted molar refractivity (Wildman–Crippen MR) is 93.3 cm³/mol. The standard InChI is InChI=1S/C16H35P.H2Te/c1-3-5-7-9-11-13-15-17-16-14-12-10-8-6-4-2;/h17H,3-16H2,1-2H3;1H2. The van der Waals surface area contributed by atoms with Crippen molar-refractivity contribution in [2.24, 2.45) is 0 Å². The summed E-state index contributed by atoms with van der Waals surface area (Å²) in [7, 11) is 1.26. The van der Waals surface area contributed by atoms with E-state index in [0.29, 0.717) is 0 Å². The average Bonchev–Trinajstić information content (AvgIpc) is 2.35. The fraction of sp³-hybridized carbons (Fsp3) is 1.00. The van der Waals surface area contributed by atoms with Crippen LogP contribution in [0.5, 0.6) is 0 Å². The molecule has 2 heteroatoms. The van der Waals surface area contributed by atoms with Gasteiger partial charge in [-0.15, -0.1) is 8.58 Å². The predicted octanol–water partition coefficient (Wildman–Crippen LogP) is 5.47. The topological polar surface area (TPSA) is 0 Å². The average molecular weight is 388 g/mol. The van der Waals surface area contributed by atoms with Gasteiger partial charge >= 0.3 is 23.7 Å². The van der Waals surface area contributed by atoms with E-state index >= 15 is 0 Å². The van der Waals surface area contributed by atoms with Crippen LogP contribution in [0.3, 0.4) is 0 Å². The number of rotatable bonds is 14. The van der Waals surface area contributed by atoms with Gasteiger partial charge in [0.15, 0.2) is 0 Å². The van der Waals surface area contributed by atoms with Crippen LogP contribution in [0.4, 0.5) is 0 Å². The molecule has 0 nitrogen and oxygen atoms in total. The van der Waals surface area contributed by atoms with Crippen molar-refractivity contribution in [1.82, 2.24) is 0 Å². The molecule has 0 aliphatic heterocycles. The van der Waals surface area contributed by atoms with Crippen LogP contribution < -0.4 is 0 Å². The van der Waals surface area contributed by atoms with Crippen molar-refractivity contribution in [2.45, 2.75) is 90.9 Å². The summed E-state index contributed by atoms with van der Waals surface area (Å²) in [4.78, 5) is 0. The first kappa shape index (κ1) is 21.5. The molecule has 0 saturated heterocycles. The Hall–Kier alpha value is 1.22. The third-order valence-corrected chi connectivity index (χ3v) is 4.83. The van der Waals surface area contributed by atoms with Crippen molar-refractivity contribution in [2.75, 3.05) is 12.3 Å². The molecule has 0 aliphatic carbocycles. The molecule has 0 atom stereocenters. The summed E-state index contributed by atoms with van der Waals surface area (Å²) in [5.41, 5.74) is 0.